The van der Waals surface area contributed by atoms with Crippen LogP contribution in [0.4, 0.5) is 0 Å². The lowest BCUT2D eigenvalue weighted by molar-refractivity contribution is -0.107. The monoisotopic (exact) mass is 383 g/mol. The molecular weight excluding hydrogens is 350 g/mol. The molecule has 2 N–H and O–H groups in total. The molecule has 6 nitrogen and oxygen atoms in total. The van der Waals surface area contributed by atoms with E-state index in [1.165, 1.54) is 44.9 Å². The van der Waals surface area contributed by atoms with Crippen LogP contribution >= 0.6 is 0 Å². The van der Waals surface area contributed by atoms with E-state index in [-0.39, 0.29) is 11.5 Å². The normalized spacial score (nSPS) is 33.9. The summed E-state index contributed by atoms with van der Waals surface area (Å²) in [5.41, 5.74) is 0.0817. The van der Waals surface area contributed by atoms with Crippen molar-refractivity contribution in [1.82, 2.24) is 10.6 Å². The molecule has 0 aromatic carbocycles. The van der Waals surface area contributed by atoms with Crippen molar-refractivity contribution in [2.75, 3.05) is 24.7 Å². The van der Waals surface area contributed by atoms with E-state index in [1.54, 1.807) is 0 Å². The van der Waals surface area contributed by atoms with Gasteiger partial charge in [0.05, 0.1) is 17.1 Å². The van der Waals surface area contributed by atoms with Crippen LogP contribution in [0.2, 0.25) is 0 Å². The fourth-order valence-corrected chi connectivity index (χ4v) is 6.53. The molecule has 2 saturated carbocycles. The summed E-state index contributed by atoms with van der Waals surface area (Å²) in [5.74, 6) is 1.69. The van der Waals surface area contributed by atoms with Crippen LogP contribution in [-0.4, -0.2) is 56.7 Å². The largest absolute Gasteiger partial charge is 0.375 e. The summed E-state index contributed by atoms with van der Waals surface area (Å²) in [7, 11) is -2.83. The lowest BCUT2D eigenvalue weighted by Crippen LogP contribution is -2.52. The molecule has 0 aromatic heterocycles. The van der Waals surface area contributed by atoms with Crippen molar-refractivity contribution in [2.24, 2.45) is 10.9 Å². The summed E-state index contributed by atoms with van der Waals surface area (Å²) in [6, 6.07) is 0.941. The molecule has 0 amide bonds. The van der Waals surface area contributed by atoms with Gasteiger partial charge < -0.3 is 15.4 Å². The molecule has 0 aromatic rings. The third-order valence-corrected chi connectivity index (χ3v) is 8.19. The average Bonchev–Trinajstić information content (AvgIpc) is 3.35. The van der Waals surface area contributed by atoms with Crippen molar-refractivity contribution in [1.29, 1.82) is 0 Å². The number of guanidine groups is 1. The maximum Gasteiger partial charge on any atom is 0.191 e. The van der Waals surface area contributed by atoms with Crippen molar-refractivity contribution in [3.8, 4) is 0 Å². The van der Waals surface area contributed by atoms with E-state index in [9.17, 15) is 8.42 Å². The molecule has 1 spiro atoms. The van der Waals surface area contributed by atoms with E-state index in [0.717, 1.165) is 31.8 Å². The Morgan fingerprint density at radius 3 is 2.50 bits per heavy atom. The second-order valence-corrected chi connectivity index (χ2v) is 11.0. The van der Waals surface area contributed by atoms with E-state index < -0.39 is 9.84 Å². The zero-order valence-corrected chi connectivity index (χ0v) is 16.5. The predicted octanol–water partition coefficient (Wildman–Crippen LogP) is 2.00. The summed E-state index contributed by atoms with van der Waals surface area (Å²) < 4.78 is 29.5. The highest BCUT2D eigenvalue weighted by atomic mass is 32.2. The minimum atomic E-state index is -2.83. The van der Waals surface area contributed by atoms with Crippen LogP contribution in [0.1, 0.15) is 64.2 Å². The molecule has 2 saturated heterocycles. The fourth-order valence-electron chi connectivity index (χ4n) is 4.68. The predicted molar refractivity (Wildman–Crippen MR) is 103 cm³/mol. The third kappa shape index (κ3) is 4.91. The number of aliphatic imine (C=N–C) groups is 1. The van der Waals surface area contributed by atoms with Crippen molar-refractivity contribution < 1.29 is 13.2 Å². The number of ether oxygens (including phenoxy) is 1. The summed E-state index contributed by atoms with van der Waals surface area (Å²) in [5, 5.41) is 7.18. The van der Waals surface area contributed by atoms with Gasteiger partial charge in [0.1, 0.15) is 0 Å². The van der Waals surface area contributed by atoms with Gasteiger partial charge in [-0.05, 0) is 50.9 Å². The van der Waals surface area contributed by atoms with Gasteiger partial charge in [0.15, 0.2) is 15.8 Å². The highest BCUT2D eigenvalue weighted by Crippen LogP contribution is 2.38. The number of hydrogen-bond donors (Lipinski definition) is 2. The molecule has 4 fully saturated rings. The van der Waals surface area contributed by atoms with Crippen LogP contribution in [0.3, 0.4) is 0 Å². The Morgan fingerprint density at radius 1 is 1.04 bits per heavy atom. The molecule has 2 heterocycles. The second kappa shape index (κ2) is 7.66. The molecule has 4 rings (SSSR count). The Balaban J connectivity index is 1.36. The number of rotatable bonds is 4. The van der Waals surface area contributed by atoms with Crippen molar-refractivity contribution in [3.05, 3.63) is 0 Å². The summed E-state index contributed by atoms with van der Waals surface area (Å²) in [4.78, 5) is 4.77. The molecule has 26 heavy (non-hydrogen) atoms. The standard InChI is InChI=1S/C19H33N3O3S/c23-26(24)11-7-15(14-26)13-20-18(21-16-4-5-16)22-17-6-10-25-19(12-17)8-2-1-3-9-19/h15-17H,1-14H2,(H2,20,21,22). The first-order chi connectivity index (χ1) is 12.5. The van der Waals surface area contributed by atoms with Gasteiger partial charge in [-0.2, -0.15) is 0 Å². The van der Waals surface area contributed by atoms with Crippen LogP contribution < -0.4 is 10.6 Å². The second-order valence-electron chi connectivity index (χ2n) is 8.80. The topological polar surface area (TPSA) is 79.8 Å². The van der Waals surface area contributed by atoms with Gasteiger partial charge >= 0.3 is 0 Å². The van der Waals surface area contributed by atoms with E-state index in [4.69, 9.17) is 9.73 Å². The van der Waals surface area contributed by atoms with Gasteiger partial charge in [-0.3, -0.25) is 4.99 Å². The highest BCUT2D eigenvalue weighted by Gasteiger charge is 2.39. The number of nitrogens with one attached hydrogen (secondary N) is 2. The molecule has 2 unspecified atom stereocenters. The first kappa shape index (κ1) is 18.5. The summed E-state index contributed by atoms with van der Waals surface area (Å²) in [6.45, 7) is 1.44. The van der Waals surface area contributed by atoms with Gasteiger partial charge in [0.2, 0.25) is 0 Å². The molecule has 2 aliphatic carbocycles. The van der Waals surface area contributed by atoms with Crippen LogP contribution in [-0.2, 0) is 14.6 Å². The van der Waals surface area contributed by atoms with Crippen LogP contribution in [0.25, 0.3) is 0 Å². The number of nitrogens with zero attached hydrogens (tertiary/aromatic N) is 1. The lowest BCUT2D eigenvalue weighted by atomic mass is 9.78. The Kier molecular flexibility index (Phi) is 5.46. The highest BCUT2D eigenvalue weighted by molar-refractivity contribution is 7.91. The quantitative estimate of drug-likeness (QED) is 0.573. The fraction of sp³-hybridized carbons (Fsp3) is 0.947. The van der Waals surface area contributed by atoms with E-state index in [0.29, 0.717) is 30.1 Å². The minimum absolute atomic E-state index is 0.0817. The SMILES string of the molecule is O=S1(=O)CCC(CN=C(NC2CC2)NC2CCOC3(CCCCC3)C2)C1. The van der Waals surface area contributed by atoms with Gasteiger partial charge in [-0.25, -0.2) is 8.42 Å². The molecular formula is C19H33N3O3S. The maximum absolute atomic E-state index is 11.7. The Morgan fingerprint density at radius 2 is 1.81 bits per heavy atom. The third-order valence-electron chi connectivity index (χ3n) is 6.35. The first-order valence-corrected chi connectivity index (χ1v) is 12.3. The molecule has 0 bridgehead atoms. The van der Waals surface area contributed by atoms with Gasteiger partial charge in [0, 0.05) is 25.2 Å². The van der Waals surface area contributed by atoms with Crippen LogP contribution in [0.5, 0.6) is 0 Å². The van der Waals surface area contributed by atoms with Crippen molar-refractivity contribution in [2.45, 2.75) is 81.9 Å². The Labute approximate surface area is 157 Å². The van der Waals surface area contributed by atoms with Gasteiger partial charge in [-0.1, -0.05) is 19.3 Å². The first-order valence-electron chi connectivity index (χ1n) is 10.4. The van der Waals surface area contributed by atoms with Crippen molar-refractivity contribution >= 4 is 15.8 Å². The number of hydrogen-bond acceptors (Lipinski definition) is 4. The minimum Gasteiger partial charge on any atom is -0.375 e. The number of sulfone groups is 1. The molecule has 7 heteroatoms. The summed E-state index contributed by atoms with van der Waals surface area (Å²) >= 11 is 0. The van der Waals surface area contributed by atoms with Gasteiger partial charge in [-0.15, -0.1) is 0 Å². The Bertz CT molecular complexity index is 618. The zero-order chi connectivity index (χ0) is 18.0. The van der Waals surface area contributed by atoms with Crippen LogP contribution in [0.15, 0.2) is 4.99 Å². The lowest BCUT2D eigenvalue weighted by Gasteiger charge is -2.44. The smallest absolute Gasteiger partial charge is 0.191 e. The Hall–Kier alpha value is -0.820. The maximum atomic E-state index is 11.7. The average molecular weight is 384 g/mol. The van der Waals surface area contributed by atoms with Gasteiger partial charge in [0.25, 0.3) is 0 Å². The van der Waals surface area contributed by atoms with Crippen LogP contribution in [0, 0.1) is 5.92 Å². The summed E-state index contributed by atoms with van der Waals surface area (Å²) in [6.07, 6.45) is 11.5. The molecule has 148 valence electrons. The van der Waals surface area contributed by atoms with E-state index in [2.05, 4.69) is 10.6 Å². The molecule has 0 radical (unpaired) electrons. The molecule has 2 aliphatic heterocycles. The molecule has 2 atom stereocenters. The molecule has 4 aliphatic rings. The van der Waals surface area contributed by atoms with E-state index >= 15 is 0 Å². The van der Waals surface area contributed by atoms with E-state index in [1.807, 2.05) is 0 Å². The van der Waals surface area contributed by atoms with Crippen molar-refractivity contribution in [3.63, 3.8) is 0 Å². The zero-order valence-electron chi connectivity index (χ0n) is 15.7.